The van der Waals surface area contributed by atoms with E-state index in [1.165, 1.54) is 6.07 Å². The quantitative estimate of drug-likeness (QED) is 0.468. The Morgan fingerprint density at radius 1 is 1.40 bits per heavy atom. The Morgan fingerprint density at radius 3 is 2.60 bits per heavy atom. The normalized spacial score (nSPS) is 22.9. The summed E-state index contributed by atoms with van der Waals surface area (Å²) in [5.74, 6) is -0.677. The highest BCUT2D eigenvalue weighted by Gasteiger charge is 2.40. The van der Waals surface area contributed by atoms with Crippen molar-refractivity contribution in [2.45, 2.75) is 30.5 Å². The molecule has 1 aliphatic carbocycles. The monoisotopic (exact) mass is 338 g/mol. The molecule has 0 amide bonds. The molecule has 1 unspecified atom stereocenters. The number of alkyl halides is 1. The molecule has 0 radical (unpaired) electrons. The van der Waals surface area contributed by atoms with Crippen molar-refractivity contribution < 1.29 is 8.78 Å². The molecule has 15 heavy (non-hydrogen) atoms. The van der Waals surface area contributed by atoms with Crippen LogP contribution in [0.15, 0.2) is 10.5 Å². The average molecular weight is 340 g/mol. The average Bonchev–Trinajstić information content (AvgIpc) is 2.32. The second-order valence-electron chi connectivity index (χ2n) is 4.50. The van der Waals surface area contributed by atoms with Crippen LogP contribution < -0.4 is 0 Å². The molecule has 0 saturated heterocycles. The summed E-state index contributed by atoms with van der Waals surface area (Å²) in [6, 6.07) is 1.21. The molecule has 0 N–H and O–H groups in total. The van der Waals surface area contributed by atoms with Gasteiger partial charge in [-0.3, -0.25) is 0 Å². The number of hydrogen-bond acceptors (Lipinski definition) is 0. The van der Waals surface area contributed by atoms with Crippen LogP contribution in [0.3, 0.4) is 0 Å². The van der Waals surface area contributed by atoms with E-state index in [1.54, 1.807) is 0 Å². The molecule has 1 atom stereocenters. The van der Waals surface area contributed by atoms with Gasteiger partial charge in [-0.05, 0) is 33.8 Å². The third-order valence-corrected chi connectivity index (χ3v) is 4.25. The van der Waals surface area contributed by atoms with E-state index in [0.29, 0.717) is 17.5 Å². The Morgan fingerprint density at radius 2 is 2.00 bits per heavy atom. The molecule has 4 heteroatoms. The molecule has 1 aromatic carbocycles. The highest BCUT2D eigenvalue weighted by atomic mass is 79.9. The summed E-state index contributed by atoms with van der Waals surface area (Å²) in [4.78, 5) is -0.102. The molecule has 82 valence electrons. The summed E-state index contributed by atoms with van der Waals surface area (Å²) in [6.45, 7) is 3.87. The first-order chi connectivity index (χ1) is 6.84. The Kier molecular flexibility index (Phi) is 2.70. The molecule has 0 fully saturated rings. The number of benzene rings is 1. The van der Waals surface area contributed by atoms with Gasteiger partial charge in [0.25, 0.3) is 0 Å². The first-order valence-electron chi connectivity index (χ1n) is 4.66. The Hall–Kier alpha value is 0.0400. The van der Waals surface area contributed by atoms with Gasteiger partial charge >= 0.3 is 0 Å². The second kappa shape index (κ2) is 3.52. The Labute approximate surface area is 104 Å². The number of rotatable bonds is 0. The predicted molar refractivity (Wildman–Crippen MR) is 63.4 cm³/mol. The zero-order valence-corrected chi connectivity index (χ0v) is 11.5. The second-order valence-corrected chi connectivity index (χ2v) is 6.46. The van der Waals surface area contributed by atoms with Gasteiger partial charge in [0.05, 0.1) is 4.47 Å². The SMILES string of the molecule is CC1(C)CC(Br)c2c(F)c(Br)cc(F)c21. The standard InChI is InChI=1S/C11H10Br2F2/c1-11(2)4-6(13)8-9(11)7(14)3-5(12)10(8)15/h3,6H,4H2,1-2H3. The van der Waals surface area contributed by atoms with Crippen molar-refractivity contribution in [1.82, 2.24) is 0 Å². The van der Waals surface area contributed by atoms with Gasteiger partial charge in [-0.25, -0.2) is 8.78 Å². The molecule has 1 aromatic rings. The van der Waals surface area contributed by atoms with Crippen molar-refractivity contribution in [3.63, 3.8) is 0 Å². The zero-order chi connectivity index (χ0) is 11.4. The molecule has 1 aliphatic rings. The predicted octanol–water partition coefficient (Wildman–Crippen LogP) is 4.84. The van der Waals surface area contributed by atoms with E-state index < -0.39 is 0 Å². The van der Waals surface area contributed by atoms with Crippen LogP contribution in [-0.4, -0.2) is 0 Å². The Balaban J connectivity index is 2.78. The largest absolute Gasteiger partial charge is 0.207 e. The van der Waals surface area contributed by atoms with Crippen molar-refractivity contribution in [2.75, 3.05) is 0 Å². The lowest BCUT2D eigenvalue weighted by atomic mass is 9.86. The highest BCUT2D eigenvalue weighted by molar-refractivity contribution is 9.10. The summed E-state index contributed by atoms with van der Waals surface area (Å²) >= 11 is 6.43. The third-order valence-electron chi connectivity index (χ3n) is 2.89. The van der Waals surface area contributed by atoms with Gasteiger partial charge in [0.15, 0.2) is 0 Å². The summed E-state index contributed by atoms with van der Waals surface area (Å²) < 4.78 is 27.8. The fourth-order valence-electron chi connectivity index (χ4n) is 2.25. The lowest BCUT2D eigenvalue weighted by molar-refractivity contribution is 0.486. The van der Waals surface area contributed by atoms with Crippen LogP contribution in [0.1, 0.15) is 36.2 Å². The number of fused-ring (bicyclic) bond motifs is 1. The minimum Gasteiger partial charge on any atom is -0.207 e. The maximum atomic E-state index is 13.8. The highest BCUT2D eigenvalue weighted by Crippen LogP contribution is 2.51. The summed E-state index contributed by atoms with van der Waals surface area (Å²) in [7, 11) is 0. The van der Waals surface area contributed by atoms with Crippen molar-refractivity contribution >= 4 is 31.9 Å². The molecular weight excluding hydrogens is 330 g/mol. The van der Waals surface area contributed by atoms with Crippen LogP contribution >= 0.6 is 31.9 Å². The fraction of sp³-hybridized carbons (Fsp3) is 0.455. The van der Waals surface area contributed by atoms with E-state index in [1.807, 2.05) is 13.8 Å². The van der Waals surface area contributed by atoms with E-state index in [9.17, 15) is 8.78 Å². The number of hydrogen-bond donors (Lipinski definition) is 0. The maximum absolute atomic E-state index is 13.8. The lowest BCUT2D eigenvalue weighted by Gasteiger charge is -2.19. The molecular formula is C11H10Br2F2. The summed E-state index contributed by atoms with van der Waals surface area (Å²) in [5.41, 5.74) is 0.659. The molecule has 2 rings (SSSR count). The van der Waals surface area contributed by atoms with Gasteiger partial charge in [-0.15, -0.1) is 0 Å². The van der Waals surface area contributed by atoms with Crippen LogP contribution in [0, 0.1) is 11.6 Å². The van der Waals surface area contributed by atoms with E-state index in [4.69, 9.17) is 0 Å². The van der Waals surface area contributed by atoms with Crippen molar-refractivity contribution in [2.24, 2.45) is 0 Å². The van der Waals surface area contributed by atoms with Gasteiger partial charge < -0.3 is 0 Å². The smallest absolute Gasteiger partial charge is 0.142 e. The summed E-state index contributed by atoms with van der Waals surface area (Å²) in [5, 5.41) is 0. The first-order valence-corrected chi connectivity index (χ1v) is 6.37. The lowest BCUT2D eigenvalue weighted by Crippen LogP contribution is -2.14. The molecule has 0 nitrogen and oxygen atoms in total. The van der Waals surface area contributed by atoms with Gasteiger partial charge in [-0.1, -0.05) is 29.8 Å². The Bertz CT molecular complexity index is 427. The van der Waals surface area contributed by atoms with E-state index in [-0.39, 0.29) is 26.3 Å². The third kappa shape index (κ3) is 1.66. The van der Waals surface area contributed by atoms with E-state index in [0.717, 1.165) is 0 Å². The van der Waals surface area contributed by atoms with Gasteiger partial charge in [0.1, 0.15) is 11.6 Å². The zero-order valence-electron chi connectivity index (χ0n) is 8.37. The van der Waals surface area contributed by atoms with Crippen LogP contribution in [0.2, 0.25) is 0 Å². The molecule has 0 bridgehead atoms. The van der Waals surface area contributed by atoms with E-state index >= 15 is 0 Å². The molecule has 0 aliphatic heterocycles. The van der Waals surface area contributed by atoms with Crippen molar-refractivity contribution in [1.29, 1.82) is 0 Å². The minimum atomic E-state index is -0.348. The van der Waals surface area contributed by atoms with Crippen molar-refractivity contribution in [3.8, 4) is 0 Å². The van der Waals surface area contributed by atoms with Crippen molar-refractivity contribution in [3.05, 3.63) is 33.3 Å². The molecule has 0 spiro atoms. The first kappa shape index (κ1) is 11.5. The van der Waals surface area contributed by atoms with Crippen LogP contribution in [0.5, 0.6) is 0 Å². The maximum Gasteiger partial charge on any atom is 0.142 e. The summed E-state index contributed by atoms with van der Waals surface area (Å²) in [6.07, 6.45) is 0.715. The number of halogens is 4. The van der Waals surface area contributed by atoms with Crippen LogP contribution in [0.4, 0.5) is 8.78 Å². The van der Waals surface area contributed by atoms with Crippen LogP contribution in [0.25, 0.3) is 0 Å². The van der Waals surface area contributed by atoms with Crippen LogP contribution in [-0.2, 0) is 5.41 Å². The van der Waals surface area contributed by atoms with Gasteiger partial charge in [-0.2, -0.15) is 0 Å². The molecule has 0 heterocycles. The minimum absolute atomic E-state index is 0.102. The molecule has 0 aromatic heterocycles. The topological polar surface area (TPSA) is 0 Å². The van der Waals surface area contributed by atoms with Gasteiger partial charge in [0, 0.05) is 16.0 Å². The van der Waals surface area contributed by atoms with E-state index in [2.05, 4.69) is 31.9 Å². The van der Waals surface area contributed by atoms with Gasteiger partial charge in [0.2, 0.25) is 0 Å². The molecule has 0 saturated carbocycles. The fourth-order valence-corrected chi connectivity index (χ4v) is 3.90.